The summed E-state index contributed by atoms with van der Waals surface area (Å²) in [6, 6.07) is 7.38. The monoisotopic (exact) mass is 343 g/mol. The molecule has 1 aliphatic carbocycles. The van der Waals surface area contributed by atoms with Crippen molar-refractivity contribution in [3.05, 3.63) is 29.8 Å². The van der Waals surface area contributed by atoms with E-state index < -0.39 is 0 Å². The van der Waals surface area contributed by atoms with E-state index >= 15 is 0 Å². The van der Waals surface area contributed by atoms with Gasteiger partial charge in [-0.2, -0.15) is 0 Å². The van der Waals surface area contributed by atoms with Gasteiger partial charge in [0.1, 0.15) is 0 Å². The molecular formula is C20H29N3O2. The van der Waals surface area contributed by atoms with Crippen LogP contribution in [-0.4, -0.2) is 35.8 Å². The van der Waals surface area contributed by atoms with E-state index in [9.17, 15) is 9.59 Å². The lowest BCUT2D eigenvalue weighted by Crippen LogP contribution is -2.37. The first-order chi connectivity index (χ1) is 12.0. The normalized spacial score (nSPS) is 24.3. The van der Waals surface area contributed by atoms with Gasteiger partial charge in [0, 0.05) is 36.8 Å². The summed E-state index contributed by atoms with van der Waals surface area (Å²) in [6.45, 7) is 3.90. The summed E-state index contributed by atoms with van der Waals surface area (Å²) in [6.07, 6.45) is 5.80. The summed E-state index contributed by atoms with van der Waals surface area (Å²) < 4.78 is 0. The Morgan fingerprint density at radius 3 is 2.40 bits per heavy atom. The highest BCUT2D eigenvalue weighted by Crippen LogP contribution is 2.27. The molecule has 136 valence electrons. The van der Waals surface area contributed by atoms with Crippen LogP contribution in [0.4, 0.5) is 5.69 Å². The molecule has 25 heavy (non-hydrogen) atoms. The second-order valence-corrected chi connectivity index (χ2v) is 7.66. The summed E-state index contributed by atoms with van der Waals surface area (Å²) in [5.41, 5.74) is 7.45. The molecule has 1 heterocycles. The molecule has 0 spiro atoms. The lowest BCUT2D eigenvalue weighted by atomic mass is 9.98. The van der Waals surface area contributed by atoms with Crippen molar-refractivity contribution in [1.82, 2.24) is 4.90 Å². The van der Waals surface area contributed by atoms with Gasteiger partial charge in [-0.15, -0.1) is 0 Å². The minimum absolute atomic E-state index is 0.00597. The Morgan fingerprint density at radius 2 is 1.80 bits per heavy atom. The van der Waals surface area contributed by atoms with Crippen LogP contribution in [0.25, 0.3) is 0 Å². The number of benzene rings is 1. The molecule has 3 N–H and O–H groups in total. The lowest BCUT2D eigenvalue weighted by Gasteiger charge is -2.30. The number of piperidine rings is 1. The molecule has 0 aromatic heterocycles. The first-order valence-electron chi connectivity index (χ1n) is 9.47. The van der Waals surface area contributed by atoms with Crippen LogP contribution in [0.1, 0.15) is 55.8 Å². The van der Waals surface area contributed by atoms with Crippen molar-refractivity contribution in [2.45, 2.75) is 51.5 Å². The predicted molar refractivity (Wildman–Crippen MR) is 99.3 cm³/mol. The van der Waals surface area contributed by atoms with Crippen molar-refractivity contribution in [3.63, 3.8) is 0 Å². The third-order valence-corrected chi connectivity index (χ3v) is 5.65. The van der Waals surface area contributed by atoms with Crippen LogP contribution in [0.5, 0.6) is 0 Å². The standard InChI is InChI=1S/C20H29N3O2/c1-14-9-11-23(12-10-14)20(25)15-5-7-17(8-6-15)22-19(24)13-16-3-2-4-18(16)21/h5-8,14,16,18H,2-4,9-13,21H2,1H3,(H,22,24)/t16-,18+/m0/s1. The first-order valence-corrected chi connectivity index (χ1v) is 9.47. The molecule has 2 fully saturated rings. The largest absolute Gasteiger partial charge is 0.339 e. The first kappa shape index (κ1) is 17.9. The fourth-order valence-corrected chi connectivity index (χ4v) is 3.86. The Bertz CT molecular complexity index is 606. The van der Waals surface area contributed by atoms with Crippen LogP contribution in [0.3, 0.4) is 0 Å². The number of amides is 2. The zero-order valence-electron chi connectivity index (χ0n) is 15.0. The van der Waals surface area contributed by atoms with Crippen LogP contribution >= 0.6 is 0 Å². The maximum Gasteiger partial charge on any atom is 0.253 e. The number of anilines is 1. The Balaban J connectivity index is 1.53. The smallest absolute Gasteiger partial charge is 0.253 e. The molecule has 0 bridgehead atoms. The van der Waals surface area contributed by atoms with Crippen LogP contribution in [0.2, 0.25) is 0 Å². The third kappa shape index (κ3) is 4.60. The number of nitrogens with two attached hydrogens (primary N) is 1. The van der Waals surface area contributed by atoms with Crippen molar-refractivity contribution in [2.24, 2.45) is 17.6 Å². The number of hydrogen-bond donors (Lipinski definition) is 2. The fourth-order valence-electron chi connectivity index (χ4n) is 3.86. The molecule has 2 amide bonds. The number of hydrogen-bond acceptors (Lipinski definition) is 3. The highest BCUT2D eigenvalue weighted by molar-refractivity contribution is 5.96. The number of rotatable bonds is 4. The lowest BCUT2D eigenvalue weighted by molar-refractivity contribution is -0.117. The summed E-state index contributed by atoms with van der Waals surface area (Å²) in [7, 11) is 0. The molecule has 2 atom stereocenters. The fraction of sp³-hybridized carbons (Fsp3) is 0.600. The molecule has 0 unspecified atom stereocenters. The van der Waals surface area contributed by atoms with Crippen molar-refractivity contribution in [1.29, 1.82) is 0 Å². The Labute approximate surface area is 150 Å². The minimum atomic E-state index is 0.00597. The summed E-state index contributed by atoms with van der Waals surface area (Å²) in [4.78, 5) is 26.6. The number of likely N-dealkylation sites (tertiary alicyclic amines) is 1. The number of nitrogens with zero attached hydrogens (tertiary/aromatic N) is 1. The average molecular weight is 343 g/mol. The third-order valence-electron chi connectivity index (χ3n) is 5.65. The van der Waals surface area contributed by atoms with E-state index in [0.29, 0.717) is 23.8 Å². The molecule has 0 radical (unpaired) electrons. The summed E-state index contributed by atoms with van der Waals surface area (Å²) in [5, 5.41) is 2.92. The van der Waals surface area contributed by atoms with Crippen LogP contribution < -0.4 is 11.1 Å². The zero-order valence-corrected chi connectivity index (χ0v) is 15.0. The van der Waals surface area contributed by atoms with E-state index in [1.807, 2.05) is 17.0 Å². The summed E-state index contributed by atoms with van der Waals surface area (Å²) >= 11 is 0. The highest BCUT2D eigenvalue weighted by atomic mass is 16.2. The molecule has 1 aromatic carbocycles. The van der Waals surface area contributed by atoms with Gasteiger partial charge in [-0.25, -0.2) is 0 Å². The Hall–Kier alpha value is -1.88. The van der Waals surface area contributed by atoms with Gasteiger partial charge < -0.3 is 16.0 Å². The van der Waals surface area contributed by atoms with Gasteiger partial charge in [0.25, 0.3) is 5.91 Å². The van der Waals surface area contributed by atoms with E-state index in [2.05, 4.69) is 12.2 Å². The quantitative estimate of drug-likeness (QED) is 0.882. The summed E-state index contributed by atoms with van der Waals surface area (Å²) in [5.74, 6) is 1.09. The van der Waals surface area contributed by atoms with Crippen LogP contribution in [0, 0.1) is 11.8 Å². The maximum absolute atomic E-state index is 12.5. The second-order valence-electron chi connectivity index (χ2n) is 7.66. The van der Waals surface area contributed by atoms with Gasteiger partial charge in [-0.05, 0) is 61.8 Å². The average Bonchev–Trinajstić information content (AvgIpc) is 3.00. The molecule has 1 aromatic rings. The number of nitrogens with one attached hydrogen (secondary N) is 1. The molecule has 1 saturated carbocycles. The SMILES string of the molecule is CC1CCN(C(=O)c2ccc(NC(=O)C[C@@H]3CCC[C@H]3N)cc2)CC1. The van der Waals surface area contributed by atoms with Gasteiger partial charge in [0.15, 0.2) is 0 Å². The highest BCUT2D eigenvalue weighted by Gasteiger charge is 2.26. The van der Waals surface area contributed by atoms with Crippen molar-refractivity contribution in [3.8, 4) is 0 Å². The minimum Gasteiger partial charge on any atom is -0.339 e. The Morgan fingerprint density at radius 1 is 1.12 bits per heavy atom. The molecular weight excluding hydrogens is 314 g/mol. The molecule has 3 rings (SSSR count). The van der Waals surface area contributed by atoms with E-state index in [1.54, 1.807) is 12.1 Å². The van der Waals surface area contributed by atoms with E-state index in [1.165, 1.54) is 0 Å². The van der Waals surface area contributed by atoms with E-state index in [-0.39, 0.29) is 17.9 Å². The van der Waals surface area contributed by atoms with E-state index in [4.69, 9.17) is 5.73 Å². The van der Waals surface area contributed by atoms with Crippen molar-refractivity contribution < 1.29 is 9.59 Å². The second kappa shape index (κ2) is 8.00. The van der Waals surface area contributed by atoms with Gasteiger partial charge in [0.2, 0.25) is 5.91 Å². The molecule has 2 aliphatic rings. The topological polar surface area (TPSA) is 75.4 Å². The van der Waals surface area contributed by atoms with Gasteiger partial charge in [-0.3, -0.25) is 9.59 Å². The van der Waals surface area contributed by atoms with E-state index in [0.717, 1.165) is 50.9 Å². The molecule has 1 saturated heterocycles. The Kier molecular flexibility index (Phi) is 5.74. The van der Waals surface area contributed by atoms with Gasteiger partial charge in [0.05, 0.1) is 0 Å². The number of carbonyl (C=O) groups excluding carboxylic acids is 2. The molecule has 5 nitrogen and oxygen atoms in total. The van der Waals surface area contributed by atoms with Crippen LogP contribution in [-0.2, 0) is 4.79 Å². The predicted octanol–water partition coefficient (Wildman–Crippen LogP) is 3.01. The van der Waals surface area contributed by atoms with Crippen molar-refractivity contribution in [2.75, 3.05) is 18.4 Å². The molecule has 1 aliphatic heterocycles. The molecule has 5 heteroatoms. The zero-order chi connectivity index (χ0) is 17.8. The van der Waals surface area contributed by atoms with Crippen molar-refractivity contribution >= 4 is 17.5 Å². The number of carbonyl (C=O) groups is 2. The van der Waals surface area contributed by atoms with Crippen LogP contribution in [0.15, 0.2) is 24.3 Å². The van der Waals surface area contributed by atoms with Gasteiger partial charge >= 0.3 is 0 Å². The maximum atomic E-state index is 12.5. The van der Waals surface area contributed by atoms with Gasteiger partial charge in [-0.1, -0.05) is 13.3 Å².